The van der Waals surface area contributed by atoms with Gasteiger partial charge in [0, 0.05) is 31.2 Å². The van der Waals surface area contributed by atoms with E-state index in [4.69, 9.17) is 4.74 Å². The van der Waals surface area contributed by atoms with E-state index in [1.165, 1.54) is 16.7 Å². The highest BCUT2D eigenvalue weighted by molar-refractivity contribution is 5.68. The van der Waals surface area contributed by atoms with Crippen molar-refractivity contribution >= 4 is 6.09 Å². The molecule has 1 heterocycles. The van der Waals surface area contributed by atoms with E-state index in [0.29, 0.717) is 19.2 Å². The number of carbonyl (C=O) groups is 1. The van der Waals surface area contributed by atoms with Gasteiger partial charge in [-0.15, -0.1) is 0 Å². The number of carbonyl (C=O) groups excluding carboxylic acids is 1. The van der Waals surface area contributed by atoms with Crippen LogP contribution in [0.1, 0.15) is 55.9 Å². The molecule has 0 aliphatic carbocycles. The minimum absolute atomic E-state index is 0.246. The summed E-state index contributed by atoms with van der Waals surface area (Å²) in [5, 5.41) is 0. The van der Waals surface area contributed by atoms with Gasteiger partial charge in [-0.05, 0) is 68.7 Å². The molecular weight excluding hydrogens is 444 g/mol. The molecule has 0 N–H and O–H groups in total. The van der Waals surface area contributed by atoms with Crippen LogP contribution in [0.15, 0.2) is 84.9 Å². The Hall–Kier alpha value is -3.11. The fourth-order valence-corrected chi connectivity index (χ4v) is 5.04. The number of hydrogen-bond acceptors (Lipinski definition) is 3. The number of benzene rings is 3. The normalized spacial score (nSPS) is 15.8. The number of hydrogen-bond donors (Lipinski definition) is 0. The Morgan fingerprint density at radius 2 is 1.50 bits per heavy atom. The third-order valence-electron chi connectivity index (χ3n) is 7.13. The molecule has 3 aromatic carbocycles. The van der Waals surface area contributed by atoms with Crippen molar-refractivity contribution in [1.29, 1.82) is 0 Å². The molecule has 1 atom stereocenters. The van der Waals surface area contributed by atoms with Crippen LogP contribution in [0.4, 0.5) is 4.79 Å². The second-order valence-electron chi connectivity index (χ2n) is 10.8. The highest BCUT2D eigenvalue weighted by atomic mass is 16.6. The number of amides is 1. The zero-order valence-corrected chi connectivity index (χ0v) is 22.0. The van der Waals surface area contributed by atoms with Crippen LogP contribution >= 0.6 is 0 Å². The molecule has 1 unspecified atom stereocenters. The molecule has 0 radical (unpaired) electrons. The lowest BCUT2D eigenvalue weighted by Gasteiger charge is -2.38. The lowest BCUT2D eigenvalue weighted by molar-refractivity contribution is 0.0484. The smallest absolute Gasteiger partial charge is 0.410 e. The Bertz CT molecular complexity index is 1090. The summed E-state index contributed by atoms with van der Waals surface area (Å²) in [4.78, 5) is 17.5. The predicted molar refractivity (Wildman–Crippen MR) is 147 cm³/mol. The van der Waals surface area contributed by atoms with E-state index >= 15 is 0 Å². The molecule has 1 amide bonds. The van der Waals surface area contributed by atoms with Crippen molar-refractivity contribution < 1.29 is 9.53 Å². The zero-order valence-electron chi connectivity index (χ0n) is 22.0. The van der Waals surface area contributed by atoms with Crippen LogP contribution in [0.25, 0.3) is 0 Å². The first kappa shape index (κ1) is 26.0. The summed E-state index contributed by atoms with van der Waals surface area (Å²) in [5.41, 5.74) is 5.03. The molecule has 4 heteroatoms. The van der Waals surface area contributed by atoms with Gasteiger partial charge in [0.2, 0.25) is 0 Å². The SMILES string of the molecule is CC(C)(C)N(Cc1ccccc1)C(=O)OCCN1Cc2ccccc2CC1CCCc1ccccc1. The van der Waals surface area contributed by atoms with Gasteiger partial charge in [-0.25, -0.2) is 4.79 Å². The fourth-order valence-electron chi connectivity index (χ4n) is 5.04. The van der Waals surface area contributed by atoms with Gasteiger partial charge in [0.05, 0.1) is 0 Å². The highest BCUT2D eigenvalue weighted by Gasteiger charge is 2.29. The number of fused-ring (bicyclic) bond motifs is 1. The van der Waals surface area contributed by atoms with E-state index in [1.54, 1.807) is 0 Å². The number of nitrogens with zero attached hydrogens (tertiary/aromatic N) is 2. The maximum absolute atomic E-state index is 13.1. The van der Waals surface area contributed by atoms with Crippen LogP contribution in [0.3, 0.4) is 0 Å². The van der Waals surface area contributed by atoms with Gasteiger partial charge in [-0.3, -0.25) is 9.80 Å². The molecule has 0 saturated heterocycles. The second-order valence-corrected chi connectivity index (χ2v) is 10.8. The van der Waals surface area contributed by atoms with Gasteiger partial charge in [0.1, 0.15) is 6.61 Å². The molecule has 0 spiro atoms. The Labute approximate surface area is 216 Å². The summed E-state index contributed by atoms with van der Waals surface area (Å²) in [6.07, 6.45) is 4.20. The molecular formula is C32H40N2O2. The summed E-state index contributed by atoms with van der Waals surface area (Å²) in [5.74, 6) is 0. The first-order valence-corrected chi connectivity index (χ1v) is 13.2. The lowest BCUT2D eigenvalue weighted by Crippen LogP contribution is -2.46. The van der Waals surface area contributed by atoms with E-state index in [2.05, 4.69) is 92.4 Å². The van der Waals surface area contributed by atoms with Gasteiger partial charge in [-0.1, -0.05) is 84.9 Å². The van der Waals surface area contributed by atoms with Gasteiger partial charge >= 0.3 is 6.09 Å². The Kier molecular flexibility index (Phi) is 8.82. The standard InChI is InChI=1S/C32H40N2O2/c1-32(2,3)34(24-27-15-8-5-9-16-27)31(35)36-22-21-33-25-29-19-11-10-18-28(29)23-30(33)20-12-17-26-13-6-4-7-14-26/h4-11,13-16,18-19,30H,12,17,20-25H2,1-3H3. The van der Waals surface area contributed by atoms with Crippen LogP contribution in [-0.2, 0) is 30.7 Å². The second kappa shape index (κ2) is 12.2. The van der Waals surface area contributed by atoms with Crippen molar-refractivity contribution in [2.24, 2.45) is 0 Å². The summed E-state index contributed by atoms with van der Waals surface area (Å²) < 4.78 is 5.86. The largest absolute Gasteiger partial charge is 0.448 e. The zero-order chi connectivity index (χ0) is 25.4. The summed E-state index contributed by atoms with van der Waals surface area (Å²) in [7, 11) is 0. The molecule has 0 aromatic heterocycles. The molecule has 4 rings (SSSR count). The molecule has 4 nitrogen and oxygen atoms in total. The average Bonchev–Trinajstić information content (AvgIpc) is 2.88. The minimum Gasteiger partial charge on any atom is -0.448 e. The van der Waals surface area contributed by atoms with Gasteiger partial charge in [0.25, 0.3) is 0 Å². The third-order valence-corrected chi connectivity index (χ3v) is 7.13. The van der Waals surface area contributed by atoms with Gasteiger partial charge < -0.3 is 4.74 Å². The van der Waals surface area contributed by atoms with E-state index in [1.807, 2.05) is 23.1 Å². The molecule has 0 bridgehead atoms. The monoisotopic (exact) mass is 484 g/mol. The Morgan fingerprint density at radius 1 is 0.889 bits per heavy atom. The first-order chi connectivity index (χ1) is 17.4. The van der Waals surface area contributed by atoms with Crippen molar-refractivity contribution in [2.75, 3.05) is 13.2 Å². The highest BCUT2D eigenvalue weighted by Crippen LogP contribution is 2.26. The number of aryl methyl sites for hydroxylation is 1. The Balaban J connectivity index is 1.35. The quantitative estimate of drug-likeness (QED) is 0.332. The number of ether oxygens (including phenoxy) is 1. The van der Waals surface area contributed by atoms with E-state index in [9.17, 15) is 4.79 Å². The topological polar surface area (TPSA) is 32.8 Å². The van der Waals surface area contributed by atoms with Crippen molar-refractivity contribution in [3.63, 3.8) is 0 Å². The molecule has 190 valence electrons. The summed E-state index contributed by atoms with van der Waals surface area (Å²) in [6, 6.07) is 30.1. The van der Waals surface area contributed by atoms with Crippen LogP contribution in [0.5, 0.6) is 0 Å². The molecule has 0 saturated carbocycles. The van der Waals surface area contributed by atoms with E-state index in [-0.39, 0.29) is 11.6 Å². The summed E-state index contributed by atoms with van der Waals surface area (Å²) in [6.45, 7) is 8.78. The average molecular weight is 485 g/mol. The fraction of sp³-hybridized carbons (Fsp3) is 0.406. The lowest BCUT2D eigenvalue weighted by atomic mass is 9.90. The Morgan fingerprint density at radius 3 is 2.17 bits per heavy atom. The first-order valence-electron chi connectivity index (χ1n) is 13.2. The maximum Gasteiger partial charge on any atom is 0.410 e. The number of rotatable bonds is 9. The molecule has 3 aromatic rings. The van der Waals surface area contributed by atoms with Crippen molar-refractivity contribution in [2.45, 2.75) is 71.1 Å². The van der Waals surface area contributed by atoms with E-state index in [0.717, 1.165) is 44.3 Å². The van der Waals surface area contributed by atoms with Gasteiger partial charge in [0.15, 0.2) is 0 Å². The molecule has 36 heavy (non-hydrogen) atoms. The third kappa shape index (κ3) is 7.20. The van der Waals surface area contributed by atoms with Crippen LogP contribution in [0.2, 0.25) is 0 Å². The van der Waals surface area contributed by atoms with E-state index < -0.39 is 0 Å². The van der Waals surface area contributed by atoms with Crippen LogP contribution < -0.4 is 0 Å². The van der Waals surface area contributed by atoms with Crippen molar-refractivity contribution in [3.05, 3.63) is 107 Å². The molecule has 0 fully saturated rings. The van der Waals surface area contributed by atoms with Crippen LogP contribution in [-0.4, -0.2) is 40.6 Å². The maximum atomic E-state index is 13.1. The molecule has 1 aliphatic rings. The predicted octanol–water partition coefficient (Wildman–Crippen LogP) is 6.87. The van der Waals surface area contributed by atoms with Gasteiger partial charge in [-0.2, -0.15) is 0 Å². The van der Waals surface area contributed by atoms with Crippen molar-refractivity contribution in [1.82, 2.24) is 9.80 Å². The molecule has 1 aliphatic heterocycles. The minimum atomic E-state index is -0.322. The summed E-state index contributed by atoms with van der Waals surface area (Å²) >= 11 is 0. The van der Waals surface area contributed by atoms with Crippen LogP contribution in [0, 0.1) is 0 Å². The van der Waals surface area contributed by atoms with Crippen molar-refractivity contribution in [3.8, 4) is 0 Å².